The first-order valence-corrected chi connectivity index (χ1v) is 9.09. The number of nitrogens with one attached hydrogen (secondary N) is 1. The third-order valence-electron chi connectivity index (χ3n) is 5.81. The fourth-order valence-corrected chi connectivity index (χ4v) is 4.21. The molecule has 1 heterocycles. The van der Waals surface area contributed by atoms with E-state index in [1.807, 2.05) is 6.08 Å². The Balaban J connectivity index is 2.14. The summed E-state index contributed by atoms with van der Waals surface area (Å²) in [6.45, 7) is 15.6. The summed E-state index contributed by atoms with van der Waals surface area (Å²) in [5.41, 5.74) is 9.30. The lowest BCUT2D eigenvalue weighted by atomic mass is 9.77. The van der Waals surface area contributed by atoms with Crippen molar-refractivity contribution in [2.24, 2.45) is 11.3 Å². The average Bonchev–Trinajstić information content (AvgIpc) is 2.92. The molecule has 2 unspecified atom stereocenters. The largest absolute Gasteiger partial charge is 0.381 e. The van der Waals surface area contributed by atoms with Crippen molar-refractivity contribution < 1.29 is 0 Å². The van der Waals surface area contributed by atoms with Gasteiger partial charge in [0.25, 0.3) is 0 Å². The van der Waals surface area contributed by atoms with E-state index >= 15 is 0 Å². The molecule has 1 aliphatic carbocycles. The maximum absolute atomic E-state index is 3.92. The van der Waals surface area contributed by atoms with E-state index in [0.717, 1.165) is 12.3 Å². The Kier molecular flexibility index (Phi) is 4.16. The molecular weight excluding hydrogens is 278 g/mol. The standard InChI is InChI=1S/C22H31N/c1-7-9-20-19-10-14(3)16-11-15(8-2)12-17(16)18(19)13-21(23-20)22(4,5)6/h7,9-10,15,21,23H,1,8,11-13H2,2-6H3/b20-9-. The second-order valence-electron chi connectivity index (χ2n) is 8.44. The van der Waals surface area contributed by atoms with Crippen molar-refractivity contribution in [3.8, 4) is 0 Å². The molecular formula is C22H31N. The fraction of sp³-hybridized carbons (Fsp3) is 0.545. The van der Waals surface area contributed by atoms with Crippen LogP contribution in [0, 0.1) is 18.3 Å². The van der Waals surface area contributed by atoms with Gasteiger partial charge in [0.2, 0.25) is 0 Å². The van der Waals surface area contributed by atoms with E-state index in [0.29, 0.717) is 6.04 Å². The molecule has 0 radical (unpaired) electrons. The molecule has 23 heavy (non-hydrogen) atoms. The first kappa shape index (κ1) is 16.4. The van der Waals surface area contributed by atoms with E-state index < -0.39 is 0 Å². The summed E-state index contributed by atoms with van der Waals surface area (Å²) in [5.74, 6) is 0.838. The quantitative estimate of drug-likeness (QED) is 0.791. The van der Waals surface area contributed by atoms with Crippen molar-refractivity contribution >= 4 is 5.70 Å². The normalized spacial score (nSPS) is 25.0. The zero-order chi connectivity index (χ0) is 16.8. The van der Waals surface area contributed by atoms with Gasteiger partial charge >= 0.3 is 0 Å². The molecule has 0 bridgehead atoms. The van der Waals surface area contributed by atoms with Crippen LogP contribution in [0.15, 0.2) is 24.8 Å². The number of fused-ring (bicyclic) bond motifs is 3. The molecule has 0 aromatic heterocycles. The Bertz CT molecular complexity index is 658. The summed E-state index contributed by atoms with van der Waals surface area (Å²) in [4.78, 5) is 0. The summed E-state index contributed by atoms with van der Waals surface area (Å²) in [7, 11) is 0. The van der Waals surface area contributed by atoms with Gasteiger partial charge in [-0.3, -0.25) is 0 Å². The van der Waals surface area contributed by atoms with Crippen molar-refractivity contribution in [3.05, 3.63) is 52.6 Å². The number of rotatable bonds is 2. The average molecular weight is 309 g/mol. The van der Waals surface area contributed by atoms with Gasteiger partial charge in [0.1, 0.15) is 0 Å². The fourth-order valence-electron chi connectivity index (χ4n) is 4.21. The summed E-state index contributed by atoms with van der Waals surface area (Å²) < 4.78 is 0. The molecule has 0 saturated carbocycles. The molecule has 2 aliphatic rings. The van der Waals surface area contributed by atoms with Gasteiger partial charge in [-0.05, 0) is 71.9 Å². The molecule has 0 amide bonds. The molecule has 0 spiro atoms. The third-order valence-corrected chi connectivity index (χ3v) is 5.81. The molecule has 1 nitrogen and oxygen atoms in total. The minimum atomic E-state index is 0.248. The summed E-state index contributed by atoms with van der Waals surface area (Å²) in [6.07, 6.45) is 9.04. The molecule has 0 saturated heterocycles. The van der Waals surface area contributed by atoms with Gasteiger partial charge in [-0.2, -0.15) is 0 Å². The van der Waals surface area contributed by atoms with Crippen LogP contribution in [-0.4, -0.2) is 6.04 Å². The molecule has 1 aliphatic heterocycles. The molecule has 1 aromatic carbocycles. The van der Waals surface area contributed by atoms with Crippen LogP contribution < -0.4 is 5.32 Å². The topological polar surface area (TPSA) is 12.0 Å². The zero-order valence-electron chi connectivity index (χ0n) is 15.4. The van der Waals surface area contributed by atoms with Crippen LogP contribution in [0.5, 0.6) is 0 Å². The molecule has 1 heteroatoms. The van der Waals surface area contributed by atoms with Crippen LogP contribution in [0.25, 0.3) is 5.70 Å². The summed E-state index contributed by atoms with van der Waals surface area (Å²) >= 11 is 0. The van der Waals surface area contributed by atoms with Gasteiger partial charge in [0.15, 0.2) is 0 Å². The molecule has 2 atom stereocenters. The molecule has 0 fully saturated rings. The number of aryl methyl sites for hydroxylation is 1. The van der Waals surface area contributed by atoms with Crippen LogP contribution in [0.3, 0.4) is 0 Å². The van der Waals surface area contributed by atoms with E-state index in [4.69, 9.17) is 0 Å². The lowest BCUT2D eigenvalue weighted by Gasteiger charge is -2.39. The minimum absolute atomic E-state index is 0.248. The predicted octanol–water partition coefficient (Wildman–Crippen LogP) is 5.21. The number of hydrogen-bond acceptors (Lipinski definition) is 1. The van der Waals surface area contributed by atoms with Gasteiger partial charge in [-0.15, -0.1) is 0 Å². The highest BCUT2D eigenvalue weighted by molar-refractivity contribution is 5.73. The van der Waals surface area contributed by atoms with E-state index in [2.05, 4.69) is 58.7 Å². The maximum atomic E-state index is 3.92. The highest BCUT2D eigenvalue weighted by Gasteiger charge is 2.34. The van der Waals surface area contributed by atoms with Crippen LogP contribution in [0.4, 0.5) is 0 Å². The van der Waals surface area contributed by atoms with Gasteiger partial charge in [-0.1, -0.05) is 46.8 Å². The Hall–Kier alpha value is -1.50. The highest BCUT2D eigenvalue weighted by atomic mass is 15.0. The van der Waals surface area contributed by atoms with E-state index in [-0.39, 0.29) is 5.41 Å². The number of allylic oxidation sites excluding steroid dienone is 2. The van der Waals surface area contributed by atoms with Crippen molar-refractivity contribution in [2.75, 3.05) is 0 Å². The Morgan fingerprint density at radius 2 is 1.87 bits per heavy atom. The van der Waals surface area contributed by atoms with Crippen molar-refractivity contribution in [1.82, 2.24) is 5.32 Å². The van der Waals surface area contributed by atoms with Crippen LogP contribution in [0.1, 0.15) is 61.9 Å². The Labute approximate surface area is 141 Å². The number of benzene rings is 1. The van der Waals surface area contributed by atoms with Crippen LogP contribution in [-0.2, 0) is 19.3 Å². The highest BCUT2D eigenvalue weighted by Crippen LogP contribution is 2.41. The second kappa shape index (κ2) is 5.85. The van der Waals surface area contributed by atoms with Crippen LogP contribution >= 0.6 is 0 Å². The van der Waals surface area contributed by atoms with Gasteiger partial charge < -0.3 is 5.32 Å². The minimum Gasteiger partial charge on any atom is -0.381 e. The summed E-state index contributed by atoms with van der Waals surface area (Å²) in [5, 5.41) is 3.78. The predicted molar refractivity (Wildman–Crippen MR) is 101 cm³/mol. The van der Waals surface area contributed by atoms with Crippen molar-refractivity contribution in [3.63, 3.8) is 0 Å². The Morgan fingerprint density at radius 1 is 1.17 bits per heavy atom. The van der Waals surface area contributed by atoms with E-state index in [1.54, 1.807) is 16.7 Å². The smallest absolute Gasteiger partial charge is 0.0419 e. The van der Waals surface area contributed by atoms with E-state index in [9.17, 15) is 0 Å². The van der Waals surface area contributed by atoms with Crippen molar-refractivity contribution in [1.29, 1.82) is 0 Å². The monoisotopic (exact) mass is 309 g/mol. The van der Waals surface area contributed by atoms with Crippen molar-refractivity contribution in [2.45, 2.75) is 66.3 Å². The lowest BCUT2D eigenvalue weighted by Crippen LogP contribution is -2.44. The van der Waals surface area contributed by atoms with Crippen LogP contribution in [0.2, 0.25) is 0 Å². The third kappa shape index (κ3) is 2.86. The van der Waals surface area contributed by atoms with Gasteiger partial charge in [0.05, 0.1) is 0 Å². The van der Waals surface area contributed by atoms with E-state index in [1.165, 1.54) is 36.1 Å². The van der Waals surface area contributed by atoms with Gasteiger partial charge in [-0.25, -0.2) is 0 Å². The first-order chi connectivity index (χ1) is 10.8. The Morgan fingerprint density at radius 3 is 2.48 bits per heavy atom. The van der Waals surface area contributed by atoms with Gasteiger partial charge in [0, 0.05) is 17.3 Å². The second-order valence-corrected chi connectivity index (χ2v) is 8.44. The lowest BCUT2D eigenvalue weighted by molar-refractivity contribution is 0.286. The number of hydrogen-bond donors (Lipinski definition) is 1. The first-order valence-electron chi connectivity index (χ1n) is 9.09. The molecule has 1 aromatic rings. The molecule has 3 rings (SSSR count). The molecule has 1 N–H and O–H groups in total. The zero-order valence-corrected chi connectivity index (χ0v) is 15.4. The maximum Gasteiger partial charge on any atom is 0.0419 e. The SMILES string of the molecule is C=C/C=C1\NC(C(C)(C)C)Cc2c1cc(C)c1c2CC(CC)C1. The molecule has 124 valence electrons. The summed E-state index contributed by atoms with van der Waals surface area (Å²) in [6, 6.07) is 2.89.